The molecule has 0 radical (unpaired) electrons. The molecule has 3 rings (SSSR count). The van der Waals surface area contributed by atoms with Crippen molar-refractivity contribution < 1.29 is 38.2 Å². The number of benzene rings is 1. The maximum absolute atomic E-state index is 14.2. The molecular weight excluding hydrogens is 714 g/mol. The Morgan fingerprint density at radius 1 is 0.929 bits per heavy atom. The number of nitrogens with zero attached hydrogens (tertiary/aromatic N) is 2. The van der Waals surface area contributed by atoms with Gasteiger partial charge in [0.25, 0.3) is 0 Å². The first kappa shape index (κ1) is 48.6. The molecule has 2 fully saturated rings. The Bertz CT molecular complexity index is 1390. The van der Waals surface area contributed by atoms with E-state index in [1.165, 1.54) is 13.5 Å². The molecule has 1 aliphatic carbocycles. The summed E-state index contributed by atoms with van der Waals surface area (Å²) in [6.45, 7) is 14.8. The first-order valence-corrected chi connectivity index (χ1v) is 20.5. The Morgan fingerprint density at radius 2 is 1.54 bits per heavy atom. The van der Waals surface area contributed by atoms with Gasteiger partial charge in [-0.15, -0.1) is 0 Å². The number of esters is 1. The van der Waals surface area contributed by atoms with Gasteiger partial charge in [-0.05, 0) is 71.8 Å². The third-order valence-electron chi connectivity index (χ3n) is 10.5. The molecule has 6 atom stereocenters. The second kappa shape index (κ2) is 23.0. The monoisotopic (exact) mass is 788 g/mol. The Morgan fingerprint density at radius 3 is 2.07 bits per heavy atom. The number of likely N-dealkylation sites (tertiary alicyclic amines) is 1. The standard InChI is InChI=1S/C40H65N5O8.C3H8/c1-26(36(48)43-29(37(49)53-39(2,3)4)23-27-17-12-10-13-18-27)35(52-9)30-21-16-22-45(30)32(46)24-31(51-8)34(28-19-14-11-15-20-28)44(7)33(47)25-42-38(50)40(5,6)41;1-3-2/h10,12-13,17-18,26,28-31,34-35H,11,14-16,19-25,41H2,1-9H3,(H,42,50)(H,43,48);3H2,1-2H3. The fraction of sp³-hybridized carbons (Fsp3) is 0.744. The average Bonchev–Trinajstić information content (AvgIpc) is 3.63. The number of likely N-dealkylation sites (N-methyl/N-ethyl adjacent to an activating group) is 1. The summed E-state index contributed by atoms with van der Waals surface area (Å²) in [4.78, 5) is 70.6. The average molecular weight is 788 g/mol. The van der Waals surface area contributed by atoms with Crippen LogP contribution in [0.1, 0.15) is 119 Å². The van der Waals surface area contributed by atoms with Gasteiger partial charge < -0.3 is 40.4 Å². The van der Waals surface area contributed by atoms with Crippen molar-refractivity contribution in [1.82, 2.24) is 20.4 Å². The van der Waals surface area contributed by atoms with Crippen molar-refractivity contribution in [2.45, 2.75) is 161 Å². The first-order chi connectivity index (χ1) is 26.3. The third kappa shape index (κ3) is 15.1. The summed E-state index contributed by atoms with van der Waals surface area (Å²) < 4.78 is 17.6. The Hall–Kier alpha value is -3.55. The molecule has 56 heavy (non-hydrogen) atoms. The number of amides is 4. The summed E-state index contributed by atoms with van der Waals surface area (Å²) in [5, 5.41) is 5.57. The van der Waals surface area contributed by atoms with Crippen LogP contribution in [0.25, 0.3) is 0 Å². The van der Waals surface area contributed by atoms with Gasteiger partial charge in [-0.1, -0.05) is 76.8 Å². The van der Waals surface area contributed by atoms with E-state index in [9.17, 15) is 24.0 Å². The highest BCUT2D eigenvalue weighted by Gasteiger charge is 2.43. The van der Waals surface area contributed by atoms with Crippen LogP contribution in [0.5, 0.6) is 0 Å². The zero-order chi connectivity index (χ0) is 42.2. The van der Waals surface area contributed by atoms with Crippen molar-refractivity contribution in [2.24, 2.45) is 17.6 Å². The second-order valence-corrected chi connectivity index (χ2v) is 17.1. The van der Waals surface area contributed by atoms with Crippen LogP contribution in [-0.2, 0) is 44.6 Å². The Kier molecular flexibility index (Phi) is 20.0. The summed E-state index contributed by atoms with van der Waals surface area (Å²) in [7, 11) is 4.81. The lowest BCUT2D eigenvalue weighted by Gasteiger charge is -2.41. The van der Waals surface area contributed by atoms with Gasteiger partial charge >= 0.3 is 5.97 Å². The largest absolute Gasteiger partial charge is 0.458 e. The smallest absolute Gasteiger partial charge is 0.329 e. The predicted molar refractivity (Wildman–Crippen MR) is 218 cm³/mol. The van der Waals surface area contributed by atoms with Crippen molar-refractivity contribution in [3.05, 3.63) is 35.9 Å². The lowest BCUT2D eigenvalue weighted by molar-refractivity contribution is -0.159. The van der Waals surface area contributed by atoms with Crippen LogP contribution >= 0.6 is 0 Å². The van der Waals surface area contributed by atoms with E-state index in [2.05, 4.69) is 24.5 Å². The molecule has 1 saturated carbocycles. The summed E-state index contributed by atoms with van der Waals surface area (Å²) >= 11 is 0. The molecular formula is C43H73N5O8. The normalized spacial score (nSPS) is 19.0. The molecule has 6 unspecified atom stereocenters. The zero-order valence-corrected chi connectivity index (χ0v) is 36.2. The Labute approximate surface area is 336 Å². The fourth-order valence-corrected chi connectivity index (χ4v) is 7.66. The molecule has 318 valence electrons. The first-order valence-electron chi connectivity index (χ1n) is 20.5. The summed E-state index contributed by atoms with van der Waals surface area (Å²) in [6, 6.07) is 7.74. The Balaban J connectivity index is 0.00000349. The van der Waals surface area contributed by atoms with Gasteiger partial charge in [0.15, 0.2) is 0 Å². The molecule has 0 spiro atoms. The highest BCUT2D eigenvalue weighted by atomic mass is 16.6. The third-order valence-corrected chi connectivity index (χ3v) is 10.5. The molecule has 13 nitrogen and oxygen atoms in total. The predicted octanol–water partition coefficient (Wildman–Crippen LogP) is 4.78. The van der Waals surface area contributed by atoms with Crippen LogP contribution in [0.15, 0.2) is 30.3 Å². The van der Waals surface area contributed by atoms with E-state index in [0.717, 1.165) is 44.1 Å². The number of carbonyl (C=O) groups excluding carboxylic acids is 5. The number of nitrogens with two attached hydrogens (primary N) is 1. The summed E-state index contributed by atoms with van der Waals surface area (Å²) in [5.74, 6) is -2.35. The number of hydrogen-bond acceptors (Lipinski definition) is 9. The number of ether oxygens (including phenoxy) is 3. The molecule has 1 aliphatic heterocycles. The van der Waals surface area contributed by atoms with Crippen molar-refractivity contribution in [2.75, 3.05) is 34.4 Å². The van der Waals surface area contributed by atoms with Gasteiger partial charge in [-0.25, -0.2) is 4.79 Å². The van der Waals surface area contributed by atoms with Gasteiger partial charge in [0, 0.05) is 34.2 Å². The van der Waals surface area contributed by atoms with Gasteiger partial charge in [-0.2, -0.15) is 0 Å². The molecule has 13 heteroatoms. The van der Waals surface area contributed by atoms with E-state index in [1.807, 2.05) is 30.3 Å². The molecule has 4 N–H and O–H groups in total. The molecule has 2 aliphatic rings. The lowest BCUT2D eigenvalue weighted by atomic mass is 9.80. The SMILES string of the molecule is CCC.COC(CC(=O)N1CCCC1C(OC)C(C)C(=O)NC(Cc1ccccc1)C(=O)OC(C)(C)C)C(C1CCCCC1)N(C)C(=O)CNC(=O)C(C)(C)N. The zero-order valence-electron chi connectivity index (χ0n) is 36.2. The quantitative estimate of drug-likeness (QED) is 0.188. The van der Waals surface area contributed by atoms with Crippen molar-refractivity contribution in [3.63, 3.8) is 0 Å². The fourth-order valence-electron chi connectivity index (χ4n) is 7.66. The molecule has 1 aromatic rings. The van der Waals surface area contributed by atoms with Crippen molar-refractivity contribution >= 4 is 29.6 Å². The number of hydrogen-bond donors (Lipinski definition) is 3. The van der Waals surface area contributed by atoms with Crippen LogP contribution in [0.2, 0.25) is 0 Å². The molecule has 1 heterocycles. The molecule has 1 saturated heterocycles. The minimum atomic E-state index is -1.13. The second-order valence-electron chi connectivity index (χ2n) is 17.1. The molecule has 4 amide bonds. The van der Waals surface area contributed by atoms with Gasteiger partial charge in [-0.3, -0.25) is 19.2 Å². The minimum absolute atomic E-state index is 0.0305. The maximum Gasteiger partial charge on any atom is 0.329 e. The van der Waals surface area contributed by atoms with E-state index in [1.54, 1.807) is 65.5 Å². The highest BCUT2D eigenvalue weighted by molar-refractivity contribution is 5.89. The van der Waals surface area contributed by atoms with E-state index >= 15 is 0 Å². The van der Waals surface area contributed by atoms with Gasteiger partial charge in [0.2, 0.25) is 23.6 Å². The van der Waals surface area contributed by atoms with Crippen LogP contribution in [0, 0.1) is 11.8 Å². The van der Waals surface area contributed by atoms with E-state index in [0.29, 0.717) is 13.0 Å². The van der Waals surface area contributed by atoms with Crippen molar-refractivity contribution in [3.8, 4) is 0 Å². The topological polar surface area (TPSA) is 170 Å². The number of rotatable bonds is 17. The maximum atomic E-state index is 14.2. The van der Waals surface area contributed by atoms with E-state index in [-0.39, 0.29) is 49.1 Å². The highest BCUT2D eigenvalue weighted by Crippen LogP contribution is 2.34. The molecule has 0 bridgehead atoms. The number of carbonyl (C=O) groups is 5. The van der Waals surface area contributed by atoms with E-state index < -0.39 is 53.2 Å². The van der Waals surface area contributed by atoms with E-state index in [4.69, 9.17) is 19.9 Å². The van der Waals surface area contributed by atoms with Crippen molar-refractivity contribution in [1.29, 1.82) is 0 Å². The number of nitrogens with one attached hydrogen (secondary N) is 2. The van der Waals surface area contributed by atoms with Gasteiger partial charge in [0.1, 0.15) is 11.6 Å². The summed E-state index contributed by atoms with van der Waals surface area (Å²) in [5.41, 5.74) is 4.92. The van der Waals surface area contributed by atoms with Crippen LogP contribution in [0.4, 0.5) is 0 Å². The summed E-state index contributed by atoms with van der Waals surface area (Å²) in [6.07, 6.45) is 6.63. The van der Waals surface area contributed by atoms with Crippen LogP contribution < -0.4 is 16.4 Å². The lowest BCUT2D eigenvalue weighted by Crippen LogP contribution is -2.56. The minimum Gasteiger partial charge on any atom is -0.458 e. The number of methoxy groups -OCH3 is 2. The van der Waals surface area contributed by atoms with Crippen LogP contribution in [0.3, 0.4) is 0 Å². The van der Waals surface area contributed by atoms with Gasteiger partial charge in [0.05, 0.1) is 48.7 Å². The molecule has 0 aromatic heterocycles. The molecule has 1 aromatic carbocycles. The van der Waals surface area contributed by atoms with Crippen LogP contribution in [-0.4, -0.2) is 115 Å².